The van der Waals surface area contributed by atoms with Crippen LogP contribution in [0.5, 0.6) is 0 Å². The molecule has 142 valence electrons. The van der Waals surface area contributed by atoms with Gasteiger partial charge < -0.3 is 17.7 Å². The van der Waals surface area contributed by atoms with Crippen LogP contribution in [0.3, 0.4) is 0 Å². The molecule has 0 aliphatic heterocycles. The molecular formula is C18H38O4Si2. The molecule has 0 aliphatic rings. The topological polar surface area (TPSA) is 36.9 Å². The molecule has 6 heteroatoms. The van der Waals surface area contributed by atoms with Crippen molar-refractivity contribution < 1.29 is 17.7 Å². The zero-order valence-corrected chi connectivity index (χ0v) is 18.4. The molecule has 0 unspecified atom stereocenters. The van der Waals surface area contributed by atoms with Crippen molar-refractivity contribution in [2.24, 2.45) is 0 Å². The maximum absolute atomic E-state index is 6.29. The van der Waals surface area contributed by atoms with E-state index in [-0.39, 0.29) is 5.16 Å². The Hall–Kier alpha value is -0.246. The van der Waals surface area contributed by atoms with Crippen molar-refractivity contribution in [3.8, 4) is 0 Å². The lowest BCUT2D eigenvalue weighted by molar-refractivity contribution is 0.148. The minimum Gasteiger partial charge on any atom is -0.391 e. The van der Waals surface area contributed by atoms with E-state index < -0.39 is 17.1 Å². The lowest BCUT2D eigenvalue weighted by Crippen LogP contribution is -2.59. The lowest BCUT2D eigenvalue weighted by atomic mass is 10.5. The standard InChI is InChI=1S/C18H38O4Si2/c1-8-14-19-23(12-5,20-15-9-2)18(7)24(13-6,21-16-10-3)22-17-11-4/h12-13,18H,5-6,8-11,14-17H2,1-4,7H3. The fourth-order valence-electron chi connectivity index (χ4n) is 2.50. The van der Waals surface area contributed by atoms with Crippen LogP contribution in [-0.2, 0) is 17.7 Å². The van der Waals surface area contributed by atoms with Gasteiger partial charge in [0.05, 0.1) is 5.16 Å². The van der Waals surface area contributed by atoms with Gasteiger partial charge in [0.1, 0.15) is 0 Å². The van der Waals surface area contributed by atoms with E-state index in [1.807, 2.05) is 11.4 Å². The first kappa shape index (κ1) is 23.8. The van der Waals surface area contributed by atoms with Crippen molar-refractivity contribution in [1.82, 2.24) is 0 Å². The zero-order valence-electron chi connectivity index (χ0n) is 16.4. The second kappa shape index (κ2) is 13.0. The summed E-state index contributed by atoms with van der Waals surface area (Å²) in [6.07, 6.45) is 3.77. The van der Waals surface area contributed by atoms with E-state index in [4.69, 9.17) is 17.7 Å². The van der Waals surface area contributed by atoms with Gasteiger partial charge in [0.25, 0.3) is 0 Å². The van der Waals surface area contributed by atoms with E-state index in [2.05, 4.69) is 47.8 Å². The van der Waals surface area contributed by atoms with E-state index in [0.29, 0.717) is 26.4 Å². The monoisotopic (exact) mass is 374 g/mol. The van der Waals surface area contributed by atoms with Crippen LogP contribution in [0.1, 0.15) is 60.3 Å². The quantitative estimate of drug-likeness (QED) is 0.358. The summed E-state index contributed by atoms with van der Waals surface area (Å²) in [5.41, 5.74) is 3.80. The Morgan fingerprint density at radius 2 is 0.917 bits per heavy atom. The van der Waals surface area contributed by atoms with E-state index in [0.717, 1.165) is 25.7 Å². The molecule has 0 saturated carbocycles. The molecule has 0 amide bonds. The van der Waals surface area contributed by atoms with Crippen LogP contribution in [0.15, 0.2) is 24.6 Å². The molecule has 4 nitrogen and oxygen atoms in total. The summed E-state index contributed by atoms with van der Waals surface area (Å²) in [5.74, 6) is 0. The molecule has 0 heterocycles. The zero-order chi connectivity index (χ0) is 18.5. The van der Waals surface area contributed by atoms with E-state index >= 15 is 0 Å². The molecule has 0 aromatic rings. The average molecular weight is 375 g/mol. The van der Waals surface area contributed by atoms with Crippen LogP contribution < -0.4 is 0 Å². The molecule has 0 N–H and O–H groups in total. The first-order valence-electron chi connectivity index (χ1n) is 9.35. The summed E-state index contributed by atoms with van der Waals surface area (Å²) in [6, 6.07) is 0. The van der Waals surface area contributed by atoms with Gasteiger partial charge in [0, 0.05) is 26.4 Å². The predicted octanol–water partition coefficient (Wildman–Crippen LogP) is 4.96. The average Bonchev–Trinajstić information content (AvgIpc) is 2.62. The molecule has 0 radical (unpaired) electrons. The van der Waals surface area contributed by atoms with Crippen LogP contribution in [0.2, 0.25) is 5.16 Å². The van der Waals surface area contributed by atoms with Crippen molar-refractivity contribution in [2.45, 2.75) is 65.5 Å². The number of rotatable bonds is 16. The molecule has 0 atom stereocenters. The van der Waals surface area contributed by atoms with Gasteiger partial charge in [0.15, 0.2) is 0 Å². The van der Waals surface area contributed by atoms with E-state index in [1.54, 1.807) is 0 Å². The molecule has 0 aromatic carbocycles. The molecule has 0 aliphatic carbocycles. The Kier molecular flexibility index (Phi) is 12.9. The molecule has 0 rings (SSSR count). The Morgan fingerprint density at radius 3 is 1.08 bits per heavy atom. The van der Waals surface area contributed by atoms with Gasteiger partial charge in [-0.1, -0.05) is 34.6 Å². The second-order valence-electron chi connectivity index (χ2n) is 5.97. The lowest BCUT2D eigenvalue weighted by Gasteiger charge is -2.41. The third-order valence-electron chi connectivity index (χ3n) is 3.90. The highest BCUT2D eigenvalue weighted by Gasteiger charge is 2.56. The Balaban J connectivity index is 5.68. The van der Waals surface area contributed by atoms with Crippen molar-refractivity contribution in [1.29, 1.82) is 0 Å². The molecular weight excluding hydrogens is 336 g/mol. The SMILES string of the molecule is C=C[Si](OCCC)(OCCC)C(C)[Si](C=C)(OCCC)OCCC. The maximum Gasteiger partial charge on any atom is 0.369 e. The molecule has 0 spiro atoms. The van der Waals surface area contributed by atoms with E-state index in [9.17, 15) is 0 Å². The number of hydrogen-bond donors (Lipinski definition) is 0. The normalized spacial score (nSPS) is 12.6. The van der Waals surface area contributed by atoms with Gasteiger partial charge in [-0.15, -0.1) is 13.2 Å². The Labute approximate surface area is 151 Å². The third-order valence-corrected chi connectivity index (χ3v) is 12.5. The summed E-state index contributed by atoms with van der Waals surface area (Å²) < 4.78 is 25.1. The van der Waals surface area contributed by atoms with Gasteiger partial charge in [-0.3, -0.25) is 0 Å². The highest BCUT2D eigenvalue weighted by Crippen LogP contribution is 2.37. The van der Waals surface area contributed by atoms with Crippen LogP contribution in [0.4, 0.5) is 0 Å². The van der Waals surface area contributed by atoms with Crippen LogP contribution in [0.25, 0.3) is 0 Å². The summed E-state index contributed by atoms with van der Waals surface area (Å²) in [7, 11) is -5.33. The van der Waals surface area contributed by atoms with Gasteiger partial charge in [-0.05, 0) is 37.1 Å². The first-order chi connectivity index (χ1) is 11.5. The summed E-state index contributed by atoms with van der Waals surface area (Å²) in [4.78, 5) is 0. The van der Waals surface area contributed by atoms with Crippen LogP contribution >= 0.6 is 0 Å². The summed E-state index contributed by atoms with van der Waals surface area (Å²) in [5, 5.41) is 0.0243. The highest BCUT2D eigenvalue weighted by molar-refractivity contribution is 6.92. The molecule has 0 aromatic heterocycles. The molecule has 0 saturated heterocycles. The largest absolute Gasteiger partial charge is 0.391 e. The summed E-state index contributed by atoms with van der Waals surface area (Å²) >= 11 is 0. The third kappa shape index (κ3) is 6.57. The fraction of sp³-hybridized carbons (Fsp3) is 0.778. The minimum atomic E-state index is -2.67. The van der Waals surface area contributed by atoms with Crippen molar-refractivity contribution >= 4 is 17.1 Å². The van der Waals surface area contributed by atoms with Crippen LogP contribution in [-0.4, -0.2) is 43.5 Å². The minimum absolute atomic E-state index is 0.0243. The highest BCUT2D eigenvalue weighted by atomic mass is 28.4. The van der Waals surface area contributed by atoms with Crippen LogP contribution in [0, 0.1) is 0 Å². The molecule has 24 heavy (non-hydrogen) atoms. The van der Waals surface area contributed by atoms with Gasteiger partial charge in [0.2, 0.25) is 0 Å². The van der Waals surface area contributed by atoms with Crippen molar-refractivity contribution in [3.63, 3.8) is 0 Å². The second-order valence-corrected chi connectivity index (χ2v) is 13.1. The van der Waals surface area contributed by atoms with Crippen molar-refractivity contribution in [2.75, 3.05) is 26.4 Å². The maximum atomic E-state index is 6.29. The molecule has 0 fully saturated rings. The van der Waals surface area contributed by atoms with Gasteiger partial charge in [-0.2, -0.15) is 0 Å². The number of hydrogen-bond acceptors (Lipinski definition) is 4. The fourth-order valence-corrected chi connectivity index (χ4v) is 10.9. The van der Waals surface area contributed by atoms with Gasteiger partial charge in [-0.25, -0.2) is 0 Å². The Morgan fingerprint density at radius 1 is 0.667 bits per heavy atom. The smallest absolute Gasteiger partial charge is 0.369 e. The molecule has 0 bridgehead atoms. The van der Waals surface area contributed by atoms with Crippen molar-refractivity contribution in [3.05, 3.63) is 24.6 Å². The first-order valence-corrected chi connectivity index (χ1v) is 13.3. The summed E-state index contributed by atoms with van der Waals surface area (Å²) in [6.45, 7) is 21.3. The Bertz CT molecular complexity index is 302. The van der Waals surface area contributed by atoms with Gasteiger partial charge >= 0.3 is 17.1 Å². The predicted molar refractivity (Wildman–Crippen MR) is 106 cm³/mol. The van der Waals surface area contributed by atoms with E-state index in [1.165, 1.54) is 0 Å².